The smallest absolute Gasteiger partial charge is 0.274 e. The van der Waals surface area contributed by atoms with E-state index in [1.165, 1.54) is 17.7 Å². The van der Waals surface area contributed by atoms with Crippen LogP contribution in [0.4, 0.5) is 4.39 Å². The number of benzene rings is 2. The molecule has 1 aromatic heterocycles. The number of nitrogens with zero attached hydrogens (tertiary/aromatic N) is 3. The summed E-state index contributed by atoms with van der Waals surface area (Å²) in [6.45, 7) is 1.34. The van der Waals surface area contributed by atoms with Gasteiger partial charge in [-0.2, -0.15) is 5.10 Å². The molecular weight excluding hydrogens is 379 g/mol. The zero-order valence-corrected chi connectivity index (χ0v) is 17.4. The average molecular weight is 407 g/mol. The minimum atomic E-state index is -0.223. The third kappa shape index (κ3) is 4.44. The average Bonchev–Trinajstić information content (AvgIpc) is 3.11. The van der Waals surface area contributed by atoms with Gasteiger partial charge in [-0.3, -0.25) is 9.48 Å². The van der Waals surface area contributed by atoms with Crippen LogP contribution in [-0.2, 0) is 25.9 Å². The van der Waals surface area contributed by atoms with Crippen molar-refractivity contribution in [3.8, 4) is 0 Å². The summed E-state index contributed by atoms with van der Waals surface area (Å²) in [4.78, 5) is 14.4. The van der Waals surface area contributed by atoms with Crippen LogP contribution in [0, 0.1) is 5.82 Å². The molecule has 156 valence electrons. The molecule has 1 amide bonds. The first-order valence-electron chi connectivity index (χ1n) is 10.3. The predicted octanol–water partition coefficient (Wildman–Crippen LogP) is 3.42. The van der Waals surface area contributed by atoms with Gasteiger partial charge in [-0.1, -0.05) is 42.5 Å². The summed E-state index contributed by atoms with van der Waals surface area (Å²) < 4.78 is 15.1. The van der Waals surface area contributed by atoms with Gasteiger partial charge in [-0.05, 0) is 42.5 Å². The van der Waals surface area contributed by atoms with Crippen molar-refractivity contribution >= 4 is 5.91 Å². The summed E-state index contributed by atoms with van der Waals surface area (Å²) >= 11 is 0. The lowest BCUT2D eigenvalue weighted by molar-refractivity contribution is 0.0820. The van der Waals surface area contributed by atoms with E-state index in [0.29, 0.717) is 18.8 Å². The fourth-order valence-electron chi connectivity index (χ4n) is 4.00. The molecular formula is C24H27FN4O. The zero-order chi connectivity index (χ0) is 21.1. The highest BCUT2D eigenvalue weighted by Crippen LogP contribution is 2.26. The van der Waals surface area contributed by atoms with Gasteiger partial charge in [-0.25, -0.2) is 4.39 Å². The first kappa shape index (κ1) is 20.3. The van der Waals surface area contributed by atoms with E-state index in [9.17, 15) is 9.18 Å². The predicted molar refractivity (Wildman–Crippen MR) is 115 cm³/mol. The lowest BCUT2D eigenvalue weighted by atomic mass is 9.91. The molecule has 0 saturated carbocycles. The summed E-state index contributed by atoms with van der Waals surface area (Å²) in [5, 5.41) is 8.29. The Morgan fingerprint density at radius 2 is 1.87 bits per heavy atom. The molecule has 0 spiro atoms. The number of nitrogens with one attached hydrogen (secondary N) is 1. The number of hydrogen-bond acceptors (Lipinski definition) is 3. The summed E-state index contributed by atoms with van der Waals surface area (Å²) in [5.74, 6) is -0.282. The third-order valence-corrected chi connectivity index (χ3v) is 5.64. The van der Waals surface area contributed by atoms with Crippen molar-refractivity contribution in [1.82, 2.24) is 20.0 Å². The van der Waals surface area contributed by atoms with E-state index >= 15 is 0 Å². The summed E-state index contributed by atoms with van der Waals surface area (Å²) in [5.41, 5.74) is 4.98. The Balaban J connectivity index is 1.55. The first-order chi connectivity index (χ1) is 14.5. The fraction of sp³-hybridized carbons (Fsp3) is 0.333. The Labute approximate surface area is 176 Å². The number of amides is 1. The standard InChI is InChI=1S/C24H27FN4O/c1-28(2)24(30)23-21-14-20(26-15-17-8-10-19(25)11-9-17)12-13-22(21)29(27-23)16-18-6-4-3-5-7-18/h3-11,20,26H,12-16H2,1-2H3. The highest BCUT2D eigenvalue weighted by atomic mass is 19.1. The maximum Gasteiger partial charge on any atom is 0.274 e. The van der Waals surface area contributed by atoms with E-state index in [0.717, 1.165) is 36.1 Å². The van der Waals surface area contributed by atoms with Crippen LogP contribution in [-0.4, -0.2) is 40.7 Å². The third-order valence-electron chi connectivity index (χ3n) is 5.64. The maximum atomic E-state index is 13.1. The Morgan fingerprint density at radius 1 is 1.13 bits per heavy atom. The van der Waals surface area contributed by atoms with Gasteiger partial charge in [0.15, 0.2) is 5.69 Å². The van der Waals surface area contributed by atoms with Crippen LogP contribution in [0.2, 0.25) is 0 Å². The number of fused-ring (bicyclic) bond motifs is 1. The number of rotatable bonds is 6. The molecule has 0 aliphatic heterocycles. The van der Waals surface area contributed by atoms with E-state index in [2.05, 4.69) is 17.4 Å². The summed E-state index contributed by atoms with van der Waals surface area (Å²) in [7, 11) is 3.52. The Morgan fingerprint density at radius 3 is 2.57 bits per heavy atom. The highest BCUT2D eigenvalue weighted by Gasteiger charge is 2.29. The second kappa shape index (κ2) is 8.79. The Bertz CT molecular complexity index is 1010. The first-order valence-corrected chi connectivity index (χ1v) is 10.3. The van der Waals surface area contributed by atoms with Crippen molar-refractivity contribution in [3.63, 3.8) is 0 Å². The minimum Gasteiger partial charge on any atom is -0.343 e. The van der Waals surface area contributed by atoms with Gasteiger partial charge in [-0.15, -0.1) is 0 Å². The molecule has 1 aliphatic carbocycles. The van der Waals surface area contributed by atoms with Crippen LogP contribution in [0.3, 0.4) is 0 Å². The molecule has 30 heavy (non-hydrogen) atoms. The van der Waals surface area contributed by atoms with Crippen molar-refractivity contribution in [2.24, 2.45) is 0 Å². The molecule has 1 heterocycles. The molecule has 2 aromatic carbocycles. The molecule has 1 aliphatic rings. The van der Waals surface area contributed by atoms with Gasteiger partial charge >= 0.3 is 0 Å². The Kier molecular flexibility index (Phi) is 5.95. The lowest BCUT2D eigenvalue weighted by Crippen LogP contribution is -2.35. The lowest BCUT2D eigenvalue weighted by Gasteiger charge is -2.25. The van der Waals surface area contributed by atoms with Gasteiger partial charge in [0.1, 0.15) is 5.82 Å². The molecule has 0 saturated heterocycles. The molecule has 1 unspecified atom stereocenters. The van der Waals surface area contributed by atoms with E-state index in [1.807, 2.05) is 22.9 Å². The molecule has 0 bridgehead atoms. The molecule has 0 fully saturated rings. The molecule has 0 radical (unpaired) electrons. The quantitative estimate of drug-likeness (QED) is 0.683. The number of carbonyl (C=O) groups excluding carboxylic acids is 1. The van der Waals surface area contributed by atoms with Crippen LogP contribution in [0.5, 0.6) is 0 Å². The van der Waals surface area contributed by atoms with Gasteiger partial charge in [0.2, 0.25) is 0 Å². The van der Waals surface area contributed by atoms with Crippen LogP contribution in [0.15, 0.2) is 54.6 Å². The molecule has 1 atom stereocenters. The van der Waals surface area contributed by atoms with E-state index in [4.69, 9.17) is 5.10 Å². The SMILES string of the molecule is CN(C)C(=O)c1nn(Cc2ccccc2)c2c1CC(NCc1ccc(F)cc1)CC2. The van der Waals surface area contributed by atoms with Crippen molar-refractivity contribution in [1.29, 1.82) is 0 Å². The monoisotopic (exact) mass is 406 g/mol. The molecule has 6 heteroatoms. The van der Waals surface area contributed by atoms with Gasteiger partial charge in [0, 0.05) is 37.9 Å². The van der Waals surface area contributed by atoms with Gasteiger partial charge < -0.3 is 10.2 Å². The number of hydrogen-bond donors (Lipinski definition) is 1. The van der Waals surface area contributed by atoms with Crippen molar-refractivity contribution in [3.05, 3.63) is 88.5 Å². The summed E-state index contributed by atoms with van der Waals surface area (Å²) in [6, 6.07) is 17.0. The van der Waals surface area contributed by atoms with Crippen LogP contribution in [0.1, 0.15) is 39.3 Å². The second-order valence-corrected chi connectivity index (χ2v) is 8.06. The second-order valence-electron chi connectivity index (χ2n) is 8.06. The van der Waals surface area contributed by atoms with Gasteiger partial charge in [0.05, 0.1) is 6.54 Å². The number of halogens is 1. The maximum absolute atomic E-state index is 13.1. The number of aromatic nitrogens is 2. The van der Waals surface area contributed by atoms with Crippen molar-refractivity contribution in [2.75, 3.05) is 14.1 Å². The highest BCUT2D eigenvalue weighted by molar-refractivity contribution is 5.93. The van der Waals surface area contributed by atoms with Gasteiger partial charge in [0.25, 0.3) is 5.91 Å². The van der Waals surface area contributed by atoms with Crippen LogP contribution in [0.25, 0.3) is 0 Å². The van der Waals surface area contributed by atoms with E-state index < -0.39 is 0 Å². The zero-order valence-electron chi connectivity index (χ0n) is 17.4. The van der Waals surface area contributed by atoms with Crippen molar-refractivity contribution < 1.29 is 9.18 Å². The molecule has 1 N–H and O–H groups in total. The van der Waals surface area contributed by atoms with Crippen LogP contribution < -0.4 is 5.32 Å². The summed E-state index contributed by atoms with van der Waals surface area (Å²) in [6.07, 6.45) is 2.61. The molecule has 4 rings (SSSR count). The normalized spacial score (nSPS) is 15.6. The minimum absolute atomic E-state index is 0.0581. The topological polar surface area (TPSA) is 50.2 Å². The molecule has 5 nitrogen and oxygen atoms in total. The van der Waals surface area contributed by atoms with Crippen molar-refractivity contribution in [2.45, 2.75) is 38.4 Å². The number of carbonyl (C=O) groups is 1. The van der Waals surface area contributed by atoms with E-state index in [-0.39, 0.29) is 17.8 Å². The Hall–Kier alpha value is -2.99. The van der Waals surface area contributed by atoms with Crippen LogP contribution >= 0.6 is 0 Å². The van der Waals surface area contributed by atoms with E-state index in [1.54, 1.807) is 31.1 Å². The fourth-order valence-corrected chi connectivity index (χ4v) is 4.00. The largest absolute Gasteiger partial charge is 0.343 e. The molecule has 3 aromatic rings.